The molecule has 0 aliphatic carbocycles. The van der Waals surface area contributed by atoms with Crippen molar-refractivity contribution >= 4 is 39.1 Å². The van der Waals surface area contributed by atoms with Gasteiger partial charge in [0.2, 0.25) is 5.91 Å². The first-order valence-corrected chi connectivity index (χ1v) is 15.6. The number of carbonyl (C=O) groups is 2. The fraction of sp³-hybridized carbons (Fsp3) is 0.273. The number of benzene rings is 1. The molecule has 230 valence electrons. The maximum atomic E-state index is 13.6. The number of hydrogen-bond donors (Lipinski definition) is 2. The van der Waals surface area contributed by atoms with Crippen molar-refractivity contribution in [3.05, 3.63) is 92.8 Å². The minimum atomic E-state index is -0.835. The molecule has 2 amide bonds. The smallest absolute Gasteiger partial charge is 0.270 e. The summed E-state index contributed by atoms with van der Waals surface area (Å²) in [6.45, 7) is 7.01. The molecular formula is C33H33BrN8O3. The molecule has 12 heteroatoms. The summed E-state index contributed by atoms with van der Waals surface area (Å²) in [5.74, 6) is 0.251. The van der Waals surface area contributed by atoms with Gasteiger partial charge in [-0.05, 0) is 65.0 Å². The average Bonchev–Trinajstić information content (AvgIpc) is 3.44. The van der Waals surface area contributed by atoms with Crippen LogP contribution in [0.1, 0.15) is 54.4 Å². The topological polar surface area (TPSA) is 154 Å². The molecule has 5 heterocycles. The molecule has 1 aromatic carbocycles. The quantitative estimate of drug-likeness (QED) is 0.265. The zero-order valence-corrected chi connectivity index (χ0v) is 26.8. The van der Waals surface area contributed by atoms with E-state index >= 15 is 0 Å². The number of primary amides is 1. The van der Waals surface area contributed by atoms with Gasteiger partial charge in [-0.3, -0.25) is 19.0 Å². The Hall–Kier alpha value is -4.84. The van der Waals surface area contributed by atoms with Crippen molar-refractivity contribution in [2.75, 3.05) is 18.8 Å². The first kappa shape index (κ1) is 30.2. The third-order valence-corrected chi connectivity index (χ3v) is 9.45. The summed E-state index contributed by atoms with van der Waals surface area (Å²) in [5, 5.41) is 4.55. The Morgan fingerprint density at radius 3 is 2.33 bits per heavy atom. The summed E-state index contributed by atoms with van der Waals surface area (Å²) >= 11 is 3.64. The van der Waals surface area contributed by atoms with Gasteiger partial charge in [-0.2, -0.15) is 5.10 Å². The second-order valence-corrected chi connectivity index (χ2v) is 12.4. The number of nitrogens with two attached hydrogens (primary N) is 2. The van der Waals surface area contributed by atoms with Gasteiger partial charge in [0.05, 0.1) is 0 Å². The minimum Gasteiger partial charge on any atom is -0.382 e. The van der Waals surface area contributed by atoms with Crippen LogP contribution in [0, 0.1) is 12.8 Å². The van der Waals surface area contributed by atoms with Crippen molar-refractivity contribution < 1.29 is 9.59 Å². The van der Waals surface area contributed by atoms with Crippen LogP contribution in [0.3, 0.4) is 0 Å². The second-order valence-electron chi connectivity index (χ2n) is 11.6. The van der Waals surface area contributed by atoms with Gasteiger partial charge in [0.25, 0.3) is 11.5 Å². The van der Waals surface area contributed by atoms with Crippen LogP contribution >= 0.6 is 15.9 Å². The van der Waals surface area contributed by atoms with Crippen LogP contribution in [0.4, 0.5) is 5.82 Å². The highest BCUT2D eigenvalue weighted by atomic mass is 79.9. The van der Waals surface area contributed by atoms with E-state index in [1.165, 1.54) is 10.9 Å². The van der Waals surface area contributed by atoms with Crippen LogP contribution in [0.2, 0.25) is 0 Å². The molecule has 0 radical (unpaired) electrons. The Kier molecular flexibility index (Phi) is 8.00. The molecule has 0 bridgehead atoms. The van der Waals surface area contributed by atoms with Crippen LogP contribution in [-0.4, -0.2) is 54.0 Å². The monoisotopic (exact) mass is 668 g/mol. The third-order valence-electron chi connectivity index (χ3n) is 8.48. The van der Waals surface area contributed by atoms with E-state index in [4.69, 9.17) is 11.5 Å². The molecule has 4 aromatic heterocycles. The number of pyridine rings is 2. The average molecular weight is 670 g/mol. The van der Waals surface area contributed by atoms with E-state index in [1.54, 1.807) is 31.3 Å². The largest absolute Gasteiger partial charge is 0.382 e. The summed E-state index contributed by atoms with van der Waals surface area (Å²) in [5.41, 5.74) is 16.6. The van der Waals surface area contributed by atoms with E-state index in [1.807, 2.05) is 47.5 Å². The predicted molar refractivity (Wildman–Crippen MR) is 176 cm³/mol. The van der Waals surface area contributed by atoms with Crippen molar-refractivity contribution in [1.82, 2.24) is 29.0 Å². The lowest BCUT2D eigenvalue weighted by molar-refractivity contribution is -0.135. The van der Waals surface area contributed by atoms with E-state index in [9.17, 15) is 14.4 Å². The van der Waals surface area contributed by atoms with Crippen molar-refractivity contribution in [1.29, 1.82) is 0 Å². The Bertz CT molecular complexity index is 1990. The van der Waals surface area contributed by atoms with Gasteiger partial charge in [0, 0.05) is 58.1 Å². The molecular weight excluding hydrogens is 636 g/mol. The minimum absolute atomic E-state index is 0.0285. The van der Waals surface area contributed by atoms with E-state index < -0.39 is 11.5 Å². The van der Waals surface area contributed by atoms with Gasteiger partial charge in [-0.15, -0.1) is 0 Å². The third kappa shape index (κ3) is 5.28. The van der Waals surface area contributed by atoms with Gasteiger partial charge < -0.3 is 16.4 Å². The normalized spacial score (nSPS) is 13.9. The van der Waals surface area contributed by atoms with Crippen LogP contribution in [0.15, 0.2) is 70.3 Å². The number of piperidine rings is 1. The summed E-state index contributed by atoms with van der Waals surface area (Å²) < 4.78 is 3.80. The fourth-order valence-corrected chi connectivity index (χ4v) is 6.81. The number of nitrogens with zero attached hydrogens (tertiary/aromatic N) is 6. The summed E-state index contributed by atoms with van der Waals surface area (Å²) in [6.07, 6.45) is 4.67. The Balaban J connectivity index is 1.40. The van der Waals surface area contributed by atoms with Crippen LogP contribution < -0.4 is 17.0 Å². The maximum Gasteiger partial charge on any atom is 0.270 e. The van der Waals surface area contributed by atoms with Crippen molar-refractivity contribution in [3.63, 3.8) is 0 Å². The predicted octanol–water partition coefficient (Wildman–Crippen LogP) is 4.72. The summed E-state index contributed by atoms with van der Waals surface area (Å²) in [4.78, 5) is 49.4. The number of amides is 2. The van der Waals surface area contributed by atoms with Gasteiger partial charge in [-0.25, -0.2) is 14.5 Å². The number of fused-ring (bicyclic) bond motifs is 1. The van der Waals surface area contributed by atoms with E-state index in [-0.39, 0.29) is 23.3 Å². The Labute approximate surface area is 268 Å². The van der Waals surface area contributed by atoms with Crippen LogP contribution in [-0.2, 0) is 4.79 Å². The number of carbonyl (C=O) groups excluding carboxylic acids is 2. The number of anilines is 1. The van der Waals surface area contributed by atoms with E-state index in [2.05, 4.69) is 37.1 Å². The molecule has 1 fully saturated rings. The molecule has 6 rings (SSSR count). The second kappa shape index (κ2) is 11.9. The highest BCUT2D eigenvalue weighted by molar-refractivity contribution is 9.10. The molecule has 0 atom stereocenters. The molecule has 0 saturated carbocycles. The SMILES string of the molecule is Cc1c(Br)c(-c2ccc(-c3cc(C4CCN(C(=O)C(C)C)CC4)n4ncnc(N)c34)cc2)c(C(N)=O)c(=O)n1-c1ccccn1. The number of rotatable bonds is 6. The fourth-order valence-electron chi connectivity index (χ4n) is 6.20. The molecule has 1 aliphatic heterocycles. The highest BCUT2D eigenvalue weighted by Crippen LogP contribution is 2.39. The molecule has 4 N–H and O–H groups in total. The van der Waals surface area contributed by atoms with E-state index in [0.29, 0.717) is 51.5 Å². The molecule has 11 nitrogen and oxygen atoms in total. The van der Waals surface area contributed by atoms with Crippen molar-refractivity contribution in [2.24, 2.45) is 11.7 Å². The molecule has 1 aliphatic rings. The zero-order chi connectivity index (χ0) is 32.0. The standard InChI is InChI=1S/C33H33BrN8O3/c1-18(2)32(44)40-14-11-21(12-15-40)24-16-23(29-30(35)38-17-39-42(24)29)20-7-9-22(10-8-20)26-27(31(36)43)33(45)41(19(3)28(26)34)25-6-4-5-13-37-25/h4-10,13,16-18,21H,11-12,14-15H2,1-3H3,(H2,36,43)(H2,35,38,39). The first-order chi connectivity index (χ1) is 21.6. The first-order valence-electron chi connectivity index (χ1n) is 14.8. The lowest BCUT2D eigenvalue weighted by Crippen LogP contribution is -2.40. The van der Waals surface area contributed by atoms with Crippen LogP contribution in [0.5, 0.6) is 0 Å². The lowest BCUT2D eigenvalue weighted by atomic mass is 9.92. The number of halogens is 1. The Morgan fingerprint density at radius 2 is 1.71 bits per heavy atom. The molecule has 1 saturated heterocycles. The Morgan fingerprint density at radius 1 is 1.02 bits per heavy atom. The number of nitrogen functional groups attached to an aromatic ring is 1. The van der Waals surface area contributed by atoms with Gasteiger partial charge in [0.15, 0.2) is 5.82 Å². The molecule has 45 heavy (non-hydrogen) atoms. The van der Waals surface area contributed by atoms with Gasteiger partial charge in [0.1, 0.15) is 23.2 Å². The number of aromatic nitrogens is 5. The number of likely N-dealkylation sites (tertiary alicyclic amines) is 1. The van der Waals surface area contributed by atoms with Crippen molar-refractivity contribution in [3.8, 4) is 28.1 Å². The zero-order valence-electron chi connectivity index (χ0n) is 25.2. The van der Waals surface area contributed by atoms with Gasteiger partial charge in [-0.1, -0.05) is 44.2 Å². The molecule has 0 unspecified atom stereocenters. The van der Waals surface area contributed by atoms with E-state index in [0.717, 1.165) is 29.7 Å². The van der Waals surface area contributed by atoms with Crippen LogP contribution in [0.25, 0.3) is 33.6 Å². The molecule has 5 aromatic rings. The van der Waals surface area contributed by atoms with Gasteiger partial charge >= 0.3 is 0 Å². The summed E-state index contributed by atoms with van der Waals surface area (Å²) in [6, 6.07) is 14.9. The number of hydrogen-bond acceptors (Lipinski definition) is 7. The van der Waals surface area contributed by atoms with Crippen molar-refractivity contribution in [2.45, 2.75) is 39.5 Å². The summed E-state index contributed by atoms with van der Waals surface area (Å²) in [7, 11) is 0. The molecule has 0 spiro atoms. The highest BCUT2D eigenvalue weighted by Gasteiger charge is 2.29. The lowest BCUT2D eigenvalue weighted by Gasteiger charge is -2.33. The maximum absolute atomic E-state index is 13.6.